The highest BCUT2D eigenvalue weighted by molar-refractivity contribution is 9.10. The molecular formula is C9H10BrFO3. The summed E-state index contributed by atoms with van der Waals surface area (Å²) < 4.78 is 28.3. The predicted molar refractivity (Wildman–Crippen MR) is 53.2 cm³/mol. The summed E-state index contributed by atoms with van der Waals surface area (Å²) in [4.78, 5) is 0. The molecule has 0 saturated heterocycles. The average Bonchev–Trinajstić information content (AvgIpc) is 2.14. The lowest BCUT2D eigenvalue weighted by molar-refractivity contribution is 0.0488. The van der Waals surface area contributed by atoms with Crippen molar-refractivity contribution in [2.24, 2.45) is 0 Å². The first kappa shape index (κ1) is 11.3. The topological polar surface area (TPSA) is 27.7 Å². The Bertz CT molecular complexity index is 317. The van der Waals surface area contributed by atoms with Gasteiger partial charge in [-0.15, -0.1) is 0 Å². The van der Waals surface area contributed by atoms with E-state index < -0.39 is 5.82 Å². The third kappa shape index (κ3) is 2.59. The van der Waals surface area contributed by atoms with Gasteiger partial charge in [0.25, 0.3) is 0 Å². The molecule has 0 amide bonds. The summed E-state index contributed by atoms with van der Waals surface area (Å²) >= 11 is 3.16. The van der Waals surface area contributed by atoms with E-state index in [2.05, 4.69) is 15.9 Å². The molecule has 1 aromatic rings. The maximum atomic E-state index is 13.0. The molecule has 0 saturated carbocycles. The Balaban J connectivity index is 2.99. The standard InChI is InChI=1S/C9H10BrFO3/c1-12-5-14-8-4-6(11)3-7(10)9(8)13-2/h3-4H,5H2,1-2H3. The summed E-state index contributed by atoms with van der Waals surface area (Å²) in [7, 11) is 2.97. The molecule has 3 nitrogen and oxygen atoms in total. The molecular weight excluding hydrogens is 255 g/mol. The lowest BCUT2D eigenvalue weighted by Crippen LogP contribution is -2.01. The van der Waals surface area contributed by atoms with Gasteiger partial charge in [0.05, 0.1) is 11.6 Å². The summed E-state index contributed by atoms with van der Waals surface area (Å²) in [5.74, 6) is 0.355. The van der Waals surface area contributed by atoms with Crippen LogP contribution in [0.2, 0.25) is 0 Å². The summed E-state index contributed by atoms with van der Waals surface area (Å²) in [6.45, 7) is 0.0479. The van der Waals surface area contributed by atoms with E-state index in [0.29, 0.717) is 16.0 Å². The number of benzene rings is 1. The van der Waals surface area contributed by atoms with Gasteiger partial charge in [-0.3, -0.25) is 0 Å². The minimum Gasteiger partial charge on any atom is -0.492 e. The van der Waals surface area contributed by atoms with Crippen molar-refractivity contribution in [3.05, 3.63) is 22.4 Å². The van der Waals surface area contributed by atoms with Crippen molar-refractivity contribution >= 4 is 15.9 Å². The van der Waals surface area contributed by atoms with Gasteiger partial charge >= 0.3 is 0 Å². The van der Waals surface area contributed by atoms with E-state index in [9.17, 15) is 4.39 Å². The SMILES string of the molecule is COCOc1cc(F)cc(Br)c1OC. The van der Waals surface area contributed by atoms with Crippen LogP contribution in [0.25, 0.3) is 0 Å². The van der Waals surface area contributed by atoms with E-state index in [-0.39, 0.29) is 6.79 Å². The summed E-state index contributed by atoms with van der Waals surface area (Å²) in [5, 5.41) is 0. The van der Waals surface area contributed by atoms with Gasteiger partial charge in [0, 0.05) is 13.2 Å². The van der Waals surface area contributed by atoms with Crippen LogP contribution in [0.4, 0.5) is 4.39 Å². The normalized spacial score (nSPS) is 10.0. The molecule has 0 aliphatic rings. The first-order valence-electron chi connectivity index (χ1n) is 3.83. The van der Waals surface area contributed by atoms with Crippen LogP contribution in [-0.4, -0.2) is 21.0 Å². The zero-order chi connectivity index (χ0) is 10.6. The summed E-state index contributed by atoms with van der Waals surface area (Å²) in [5.41, 5.74) is 0. The van der Waals surface area contributed by atoms with Gasteiger partial charge in [0.15, 0.2) is 18.3 Å². The number of ether oxygens (including phenoxy) is 3. The Labute approximate surface area is 89.9 Å². The number of hydrogen-bond donors (Lipinski definition) is 0. The molecule has 1 rings (SSSR count). The fraction of sp³-hybridized carbons (Fsp3) is 0.333. The van der Waals surface area contributed by atoms with Crippen molar-refractivity contribution in [3.8, 4) is 11.5 Å². The maximum absolute atomic E-state index is 13.0. The van der Waals surface area contributed by atoms with Gasteiger partial charge in [-0.25, -0.2) is 4.39 Å². The van der Waals surface area contributed by atoms with Crippen molar-refractivity contribution in [3.63, 3.8) is 0 Å². The molecule has 0 unspecified atom stereocenters. The molecule has 0 spiro atoms. The van der Waals surface area contributed by atoms with E-state index in [0.717, 1.165) is 0 Å². The van der Waals surface area contributed by atoms with Crippen molar-refractivity contribution in [2.75, 3.05) is 21.0 Å². The first-order chi connectivity index (χ1) is 6.69. The highest BCUT2D eigenvalue weighted by atomic mass is 79.9. The van der Waals surface area contributed by atoms with Crippen molar-refractivity contribution in [2.45, 2.75) is 0 Å². The third-order valence-electron chi connectivity index (χ3n) is 1.51. The van der Waals surface area contributed by atoms with Crippen LogP contribution in [0.1, 0.15) is 0 Å². The van der Waals surface area contributed by atoms with Gasteiger partial charge in [0.1, 0.15) is 5.82 Å². The molecule has 1 aromatic carbocycles. The fourth-order valence-electron chi connectivity index (χ4n) is 0.964. The first-order valence-corrected chi connectivity index (χ1v) is 4.63. The molecule has 0 bridgehead atoms. The van der Waals surface area contributed by atoms with Crippen LogP contribution in [0, 0.1) is 5.82 Å². The molecule has 0 aromatic heterocycles. The Morgan fingerprint density at radius 1 is 1.36 bits per heavy atom. The van der Waals surface area contributed by atoms with Crippen LogP contribution in [0.3, 0.4) is 0 Å². The lowest BCUT2D eigenvalue weighted by atomic mass is 10.3. The van der Waals surface area contributed by atoms with Crippen LogP contribution >= 0.6 is 15.9 Å². The van der Waals surface area contributed by atoms with Crippen LogP contribution in [0.15, 0.2) is 16.6 Å². The Morgan fingerprint density at radius 2 is 2.07 bits per heavy atom. The van der Waals surface area contributed by atoms with Crippen molar-refractivity contribution < 1.29 is 18.6 Å². The fourth-order valence-corrected chi connectivity index (χ4v) is 1.54. The van der Waals surface area contributed by atoms with E-state index in [1.165, 1.54) is 26.4 Å². The third-order valence-corrected chi connectivity index (χ3v) is 2.10. The smallest absolute Gasteiger partial charge is 0.188 e. The number of rotatable bonds is 4. The number of halogens is 2. The molecule has 0 fully saturated rings. The van der Waals surface area contributed by atoms with Crippen LogP contribution in [0.5, 0.6) is 11.5 Å². The highest BCUT2D eigenvalue weighted by Crippen LogP contribution is 2.35. The van der Waals surface area contributed by atoms with Crippen molar-refractivity contribution in [1.29, 1.82) is 0 Å². The molecule has 0 heterocycles. The van der Waals surface area contributed by atoms with Gasteiger partial charge < -0.3 is 14.2 Å². The molecule has 5 heteroatoms. The van der Waals surface area contributed by atoms with E-state index in [4.69, 9.17) is 14.2 Å². The van der Waals surface area contributed by atoms with Crippen LogP contribution in [-0.2, 0) is 4.74 Å². The number of hydrogen-bond acceptors (Lipinski definition) is 3. The minimum absolute atomic E-state index is 0.0479. The van der Waals surface area contributed by atoms with Gasteiger partial charge in [-0.2, -0.15) is 0 Å². The quantitative estimate of drug-likeness (QED) is 0.783. The molecule has 0 N–H and O–H groups in total. The van der Waals surface area contributed by atoms with Crippen LogP contribution < -0.4 is 9.47 Å². The molecule has 0 radical (unpaired) electrons. The highest BCUT2D eigenvalue weighted by Gasteiger charge is 2.10. The van der Waals surface area contributed by atoms with Crippen molar-refractivity contribution in [1.82, 2.24) is 0 Å². The minimum atomic E-state index is -0.399. The van der Waals surface area contributed by atoms with Gasteiger partial charge in [-0.05, 0) is 22.0 Å². The average molecular weight is 265 g/mol. The largest absolute Gasteiger partial charge is 0.492 e. The Morgan fingerprint density at radius 3 is 2.64 bits per heavy atom. The Hall–Kier alpha value is -0.810. The zero-order valence-electron chi connectivity index (χ0n) is 7.84. The van der Waals surface area contributed by atoms with Gasteiger partial charge in [-0.1, -0.05) is 0 Å². The molecule has 14 heavy (non-hydrogen) atoms. The summed E-state index contributed by atoms with van der Waals surface area (Å²) in [6, 6.07) is 2.54. The molecule has 0 aliphatic heterocycles. The molecule has 0 atom stereocenters. The summed E-state index contributed by atoms with van der Waals surface area (Å²) in [6.07, 6.45) is 0. The monoisotopic (exact) mass is 264 g/mol. The maximum Gasteiger partial charge on any atom is 0.188 e. The molecule has 78 valence electrons. The Kier molecular flexibility index (Phi) is 4.16. The predicted octanol–water partition coefficient (Wildman–Crippen LogP) is 2.58. The lowest BCUT2D eigenvalue weighted by Gasteiger charge is -2.11. The van der Waals surface area contributed by atoms with E-state index in [1.807, 2.05) is 0 Å². The number of methoxy groups -OCH3 is 2. The zero-order valence-corrected chi connectivity index (χ0v) is 9.43. The second kappa shape index (κ2) is 5.17. The molecule has 0 aliphatic carbocycles. The van der Waals surface area contributed by atoms with E-state index in [1.54, 1.807) is 0 Å². The second-order valence-corrected chi connectivity index (χ2v) is 3.32. The second-order valence-electron chi connectivity index (χ2n) is 2.47. The van der Waals surface area contributed by atoms with E-state index >= 15 is 0 Å². The van der Waals surface area contributed by atoms with Gasteiger partial charge in [0.2, 0.25) is 0 Å².